The van der Waals surface area contributed by atoms with Crippen LogP contribution in [0.4, 0.5) is 0 Å². The lowest BCUT2D eigenvalue weighted by Gasteiger charge is -2.30. The predicted molar refractivity (Wildman–Crippen MR) is 110 cm³/mol. The molecule has 1 amide bonds. The zero-order chi connectivity index (χ0) is 19.7. The molecular weight excluding hydrogens is 350 g/mol. The molecule has 1 heterocycles. The molecule has 1 aromatic carbocycles. The Bertz CT molecular complexity index is 858. The summed E-state index contributed by atoms with van der Waals surface area (Å²) in [5, 5.41) is 8.01. The summed E-state index contributed by atoms with van der Waals surface area (Å²) in [4.78, 5) is 12.9. The van der Waals surface area contributed by atoms with Crippen LogP contribution < -0.4 is 5.32 Å². The van der Waals surface area contributed by atoms with E-state index in [-0.39, 0.29) is 24.0 Å². The SMILES string of the molecule is CO[C@@H]1CCC[C@@H](C(=O)N[C@@H]2CCCc3c2cnn3-c2ccc(C)c(C)c2)C1. The first-order valence-corrected chi connectivity index (χ1v) is 10.5. The van der Waals surface area contributed by atoms with Crippen molar-refractivity contribution in [2.24, 2.45) is 5.92 Å². The zero-order valence-corrected chi connectivity index (χ0v) is 17.2. The molecule has 0 aliphatic heterocycles. The molecule has 0 spiro atoms. The van der Waals surface area contributed by atoms with Gasteiger partial charge < -0.3 is 10.1 Å². The number of nitrogens with zero attached hydrogens (tertiary/aromatic N) is 2. The van der Waals surface area contributed by atoms with Crippen LogP contribution >= 0.6 is 0 Å². The second-order valence-corrected chi connectivity index (χ2v) is 8.40. The molecule has 1 saturated carbocycles. The number of nitrogens with one attached hydrogen (secondary N) is 1. The number of rotatable bonds is 4. The summed E-state index contributed by atoms with van der Waals surface area (Å²) in [5.74, 6) is 0.248. The van der Waals surface area contributed by atoms with Crippen molar-refractivity contribution in [1.29, 1.82) is 0 Å². The van der Waals surface area contributed by atoms with Crippen LogP contribution in [-0.2, 0) is 16.0 Å². The third-order valence-electron chi connectivity index (χ3n) is 6.56. The fourth-order valence-corrected chi connectivity index (χ4v) is 4.67. The highest BCUT2D eigenvalue weighted by atomic mass is 16.5. The maximum atomic E-state index is 12.9. The van der Waals surface area contributed by atoms with E-state index >= 15 is 0 Å². The van der Waals surface area contributed by atoms with Gasteiger partial charge in [0, 0.05) is 24.3 Å². The van der Waals surface area contributed by atoms with E-state index in [0.717, 1.165) is 50.6 Å². The number of hydrogen-bond donors (Lipinski definition) is 1. The van der Waals surface area contributed by atoms with Crippen LogP contribution in [0.3, 0.4) is 0 Å². The van der Waals surface area contributed by atoms with Crippen LogP contribution in [0.2, 0.25) is 0 Å². The summed E-state index contributed by atoms with van der Waals surface area (Å²) in [6, 6.07) is 6.54. The normalized spacial score (nSPS) is 24.6. The van der Waals surface area contributed by atoms with Crippen LogP contribution in [0.15, 0.2) is 24.4 Å². The van der Waals surface area contributed by atoms with Gasteiger partial charge in [0.15, 0.2) is 0 Å². The van der Waals surface area contributed by atoms with Crippen LogP contribution in [0.25, 0.3) is 5.69 Å². The van der Waals surface area contributed by atoms with Gasteiger partial charge in [0.2, 0.25) is 5.91 Å². The smallest absolute Gasteiger partial charge is 0.223 e. The average Bonchev–Trinajstić information content (AvgIpc) is 3.15. The lowest BCUT2D eigenvalue weighted by molar-refractivity contribution is -0.128. The maximum Gasteiger partial charge on any atom is 0.223 e. The number of aromatic nitrogens is 2. The van der Waals surface area contributed by atoms with E-state index in [2.05, 4.69) is 47.1 Å². The summed E-state index contributed by atoms with van der Waals surface area (Å²) < 4.78 is 7.55. The largest absolute Gasteiger partial charge is 0.381 e. The molecule has 2 aliphatic rings. The quantitative estimate of drug-likeness (QED) is 0.864. The number of carbonyl (C=O) groups excluding carboxylic acids is 1. The summed E-state index contributed by atoms with van der Waals surface area (Å²) >= 11 is 0. The average molecular weight is 382 g/mol. The van der Waals surface area contributed by atoms with E-state index in [1.807, 2.05) is 6.20 Å². The van der Waals surface area contributed by atoms with E-state index in [1.165, 1.54) is 22.4 Å². The summed E-state index contributed by atoms with van der Waals surface area (Å²) in [7, 11) is 1.75. The number of fused-ring (bicyclic) bond motifs is 1. The van der Waals surface area contributed by atoms with Gasteiger partial charge in [-0.1, -0.05) is 12.5 Å². The number of carbonyl (C=O) groups is 1. The van der Waals surface area contributed by atoms with Gasteiger partial charge in [-0.3, -0.25) is 4.79 Å². The Hall–Kier alpha value is -2.14. The van der Waals surface area contributed by atoms with Gasteiger partial charge in [-0.2, -0.15) is 5.10 Å². The standard InChI is InChI=1S/C23H31N3O2/c1-15-10-11-18(12-16(15)2)26-22-9-5-8-21(20(22)14-24-26)25-23(27)17-6-4-7-19(13-17)28-3/h10-12,14,17,19,21H,4-9,13H2,1-3H3,(H,25,27)/t17-,19-,21-/m1/s1. The lowest BCUT2D eigenvalue weighted by Crippen LogP contribution is -2.38. The minimum Gasteiger partial charge on any atom is -0.381 e. The summed E-state index contributed by atoms with van der Waals surface area (Å²) in [6.07, 6.45) is 9.17. The Morgan fingerprint density at radius 2 is 2.04 bits per heavy atom. The molecule has 1 aromatic heterocycles. The molecule has 0 saturated heterocycles. The Labute approximate surface area is 167 Å². The van der Waals surface area contributed by atoms with Gasteiger partial charge >= 0.3 is 0 Å². The second-order valence-electron chi connectivity index (χ2n) is 8.40. The maximum absolute atomic E-state index is 12.9. The van der Waals surface area contributed by atoms with Gasteiger partial charge in [0.1, 0.15) is 0 Å². The number of amides is 1. The number of hydrogen-bond acceptors (Lipinski definition) is 3. The van der Waals surface area contributed by atoms with Crippen molar-refractivity contribution in [2.45, 2.75) is 70.9 Å². The van der Waals surface area contributed by atoms with E-state index in [0.29, 0.717) is 0 Å². The molecule has 0 unspecified atom stereocenters. The van der Waals surface area contributed by atoms with Crippen LogP contribution in [0.1, 0.15) is 67.0 Å². The van der Waals surface area contributed by atoms with Crippen molar-refractivity contribution in [3.05, 3.63) is 46.8 Å². The monoisotopic (exact) mass is 381 g/mol. The van der Waals surface area contributed by atoms with E-state index in [9.17, 15) is 4.79 Å². The Kier molecular flexibility index (Phi) is 5.54. The summed E-state index contributed by atoms with van der Waals surface area (Å²) in [6.45, 7) is 4.26. The molecule has 5 heteroatoms. The van der Waals surface area contributed by atoms with Crippen molar-refractivity contribution < 1.29 is 9.53 Å². The van der Waals surface area contributed by atoms with Crippen molar-refractivity contribution in [3.63, 3.8) is 0 Å². The minimum absolute atomic E-state index is 0.0684. The third-order valence-corrected chi connectivity index (χ3v) is 6.56. The van der Waals surface area contributed by atoms with Crippen molar-refractivity contribution >= 4 is 5.91 Å². The molecule has 150 valence electrons. The highest BCUT2D eigenvalue weighted by Gasteiger charge is 2.31. The molecule has 3 atom stereocenters. The molecule has 1 fully saturated rings. The zero-order valence-electron chi connectivity index (χ0n) is 17.2. The molecule has 0 radical (unpaired) electrons. The Morgan fingerprint density at radius 3 is 2.82 bits per heavy atom. The van der Waals surface area contributed by atoms with Gasteiger partial charge in [-0.05, 0) is 75.6 Å². The van der Waals surface area contributed by atoms with Crippen molar-refractivity contribution in [3.8, 4) is 5.69 Å². The molecule has 5 nitrogen and oxygen atoms in total. The summed E-state index contributed by atoms with van der Waals surface area (Å²) in [5.41, 5.74) is 6.07. The lowest BCUT2D eigenvalue weighted by atomic mass is 9.85. The van der Waals surface area contributed by atoms with Gasteiger partial charge in [0.05, 0.1) is 24.0 Å². The number of ether oxygens (including phenoxy) is 1. The highest BCUT2D eigenvalue weighted by molar-refractivity contribution is 5.79. The van der Waals surface area contributed by atoms with E-state index in [4.69, 9.17) is 4.74 Å². The van der Waals surface area contributed by atoms with Gasteiger partial charge in [-0.25, -0.2) is 4.68 Å². The predicted octanol–water partition coefficient (Wildman–Crippen LogP) is 4.19. The van der Waals surface area contributed by atoms with Gasteiger partial charge in [-0.15, -0.1) is 0 Å². The van der Waals surface area contributed by atoms with Gasteiger partial charge in [0.25, 0.3) is 0 Å². The van der Waals surface area contributed by atoms with E-state index in [1.54, 1.807) is 7.11 Å². The molecule has 4 rings (SSSR count). The fourth-order valence-electron chi connectivity index (χ4n) is 4.67. The van der Waals surface area contributed by atoms with Crippen LogP contribution in [-0.4, -0.2) is 28.9 Å². The van der Waals surface area contributed by atoms with Crippen LogP contribution in [0.5, 0.6) is 0 Å². The first-order chi connectivity index (χ1) is 13.6. The van der Waals surface area contributed by atoms with Crippen molar-refractivity contribution in [2.75, 3.05) is 7.11 Å². The highest BCUT2D eigenvalue weighted by Crippen LogP contribution is 2.33. The topological polar surface area (TPSA) is 56.1 Å². The first kappa shape index (κ1) is 19.2. The second kappa shape index (κ2) is 8.08. The Balaban J connectivity index is 1.52. The third kappa shape index (κ3) is 3.72. The number of benzene rings is 1. The first-order valence-electron chi connectivity index (χ1n) is 10.5. The minimum atomic E-state index is 0.0684. The van der Waals surface area contributed by atoms with Crippen LogP contribution in [0, 0.1) is 19.8 Å². The molecule has 0 bridgehead atoms. The Morgan fingerprint density at radius 1 is 1.18 bits per heavy atom. The number of aryl methyl sites for hydroxylation is 2. The molecule has 1 N–H and O–H groups in total. The number of methoxy groups -OCH3 is 1. The molecule has 2 aliphatic carbocycles. The van der Waals surface area contributed by atoms with E-state index < -0.39 is 0 Å². The molecule has 2 aromatic rings. The fraction of sp³-hybridized carbons (Fsp3) is 0.565. The molecular formula is C23H31N3O2. The van der Waals surface area contributed by atoms with Crippen molar-refractivity contribution in [1.82, 2.24) is 15.1 Å². The molecule has 28 heavy (non-hydrogen) atoms.